The molecule has 1 aliphatic rings. The number of carbonyl (C=O) groups is 1. The summed E-state index contributed by atoms with van der Waals surface area (Å²) in [5.74, 6) is 0.975. The molecule has 130 valence electrons. The average Bonchev–Trinajstić information content (AvgIpc) is 3.09. The van der Waals surface area contributed by atoms with Crippen molar-refractivity contribution < 1.29 is 9.53 Å². The number of nitrogens with one attached hydrogen (secondary N) is 2. The summed E-state index contributed by atoms with van der Waals surface area (Å²) in [7, 11) is 1.67. The molecule has 1 fully saturated rings. The van der Waals surface area contributed by atoms with E-state index in [-0.39, 0.29) is 23.9 Å². The Labute approximate surface area is 149 Å². The summed E-state index contributed by atoms with van der Waals surface area (Å²) >= 11 is 0. The molecule has 0 saturated carbocycles. The second kappa shape index (κ2) is 7.86. The summed E-state index contributed by atoms with van der Waals surface area (Å²) in [4.78, 5) is 12.5. The van der Waals surface area contributed by atoms with Crippen LogP contribution in [-0.4, -0.2) is 25.1 Å². The van der Waals surface area contributed by atoms with Gasteiger partial charge in [0.25, 0.3) is 0 Å². The first kappa shape index (κ1) is 18.6. The van der Waals surface area contributed by atoms with Crippen LogP contribution >= 0.6 is 12.4 Å². The fourth-order valence-electron chi connectivity index (χ4n) is 3.32. The first-order valence-corrected chi connectivity index (χ1v) is 8.27. The van der Waals surface area contributed by atoms with E-state index in [9.17, 15) is 4.79 Å². The van der Waals surface area contributed by atoms with Crippen LogP contribution in [0.5, 0.6) is 5.75 Å². The molecule has 0 bridgehead atoms. The Morgan fingerprint density at radius 2 is 2.00 bits per heavy atom. The summed E-state index contributed by atoms with van der Waals surface area (Å²) < 4.78 is 5.25. The van der Waals surface area contributed by atoms with Crippen molar-refractivity contribution in [3.63, 3.8) is 0 Å². The van der Waals surface area contributed by atoms with Gasteiger partial charge in [0, 0.05) is 6.54 Å². The number of amides is 1. The van der Waals surface area contributed by atoms with E-state index >= 15 is 0 Å². The van der Waals surface area contributed by atoms with Crippen LogP contribution in [0.1, 0.15) is 31.7 Å². The Bertz CT molecular complexity index is 712. The van der Waals surface area contributed by atoms with Crippen LogP contribution in [-0.2, 0) is 11.3 Å². The summed E-state index contributed by atoms with van der Waals surface area (Å²) in [5, 5.41) is 8.76. The molecule has 24 heavy (non-hydrogen) atoms. The van der Waals surface area contributed by atoms with Crippen LogP contribution in [0.15, 0.2) is 36.4 Å². The lowest BCUT2D eigenvalue weighted by molar-refractivity contribution is -0.127. The summed E-state index contributed by atoms with van der Waals surface area (Å²) in [6.07, 6.45) is 2.82. The zero-order valence-corrected chi connectivity index (χ0v) is 15.0. The lowest BCUT2D eigenvalue weighted by atomic mass is 9.93. The number of methoxy groups -OCH3 is 1. The molecule has 0 aromatic heterocycles. The van der Waals surface area contributed by atoms with Gasteiger partial charge < -0.3 is 15.4 Å². The molecule has 0 aliphatic carbocycles. The van der Waals surface area contributed by atoms with E-state index < -0.39 is 0 Å². The molecule has 5 heteroatoms. The van der Waals surface area contributed by atoms with Gasteiger partial charge in [0.2, 0.25) is 5.91 Å². The van der Waals surface area contributed by atoms with Crippen LogP contribution < -0.4 is 15.4 Å². The number of ether oxygens (including phenoxy) is 1. The van der Waals surface area contributed by atoms with E-state index in [0.717, 1.165) is 47.9 Å². The van der Waals surface area contributed by atoms with Gasteiger partial charge in [-0.1, -0.05) is 25.1 Å². The zero-order valence-electron chi connectivity index (χ0n) is 14.2. The maximum atomic E-state index is 12.5. The van der Waals surface area contributed by atoms with E-state index in [0.29, 0.717) is 6.54 Å². The van der Waals surface area contributed by atoms with Gasteiger partial charge in [-0.3, -0.25) is 4.79 Å². The minimum Gasteiger partial charge on any atom is -0.497 e. The van der Waals surface area contributed by atoms with Gasteiger partial charge in [-0.15, -0.1) is 12.4 Å². The minimum absolute atomic E-state index is 0. The highest BCUT2D eigenvalue weighted by Gasteiger charge is 2.38. The molecule has 0 spiro atoms. The van der Waals surface area contributed by atoms with Gasteiger partial charge in [0.15, 0.2) is 0 Å². The van der Waals surface area contributed by atoms with Gasteiger partial charge in [0.05, 0.1) is 12.6 Å². The Hall–Kier alpha value is -1.78. The van der Waals surface area contributed by atoms with E-state index in [1.165, 1.54) is 0 Å². The highest BCUT2D eigenvalue weighted by molar-refractivity contribution is 5.87. The number of hydrogen-bond donors (Lipinski definition) is 2. The average molecular weight is 349 g/mol. The fourth-order valence-corrected chi connectivity index (χ4v) is 3.32. The number of benzene rings is 2. The van der Waals surface area contributed by atoms with Crippen molar-refractivity contribution >= 4 is 29.1 Å². The van der Waals surface area contributed by atoms with Gasteiger partial charge in [-0.2, -0.15) is 0 Å². The predicted molar refractivity (Wildman–Crippen MR) is 99.9 cm³/mol. The number of rotatable bonds is 5. The van der Waals surface area contributed by atoms with Crippen LogP contribution in [0.2, 0.25) is 0 Å². The molecule has 1 aliphatic heterocycles. The van der Waals surface area contributed by atoms with Gasteiger partial charge in [-0.25, -0.2) is 0 Å². The standard InChI is InChI=1S/C19H24N2O2.ClH/c1-3-19(9-4-10-21-19)18(22)20-13-14-5-6-16-12-17(23-2)8-7-15(16)11-14;/h5-8,11-12,21H,3-4,9-10,13H2,1-2H3,(H,20,22);1H. The van der Waals surface area contributed by atoms with Crippen molar-refractivity contribution in [2.24, 2.45) is 0 Å². The topological polar surface area (TPSA) is 50.4 Å². The second-order valence-corrected chi connectivity index (χ2v) is 6.20. The minimum atomic E-state index is -0.371. The highest BCUT2D eigenvalue weighted by atomic mass is 35.5. The highest BCUT2D eigenvalue weighted by Crippen LogP contribution is 2.24. The van der Waals surface area contributed by atoms with E-state index in [4.69, 9.17) is 4.74 Å². The third-order valence-corrected chi connectivity index (χ3v) is 4.85. The third kappa shape index (κ3) is 3.65. The Morgan fingerprint density at radius 3 is 2.67 bits per heavy atom. The molecule has 1 saturated heterocycles. The molecule has 1 atom stereocenters. The van der Waals surface area contributed by atoms with Crippen LogP contribution in [0.25, 0.3) is 10.8 Å². The Balaban J connectivity index is 0.00000208. The molecular weight excluding hydrogens is 324 g/mol. The predicted octanol–water partition coefficient (Wildman–Crippen LogP) is 3.42. The maximum absolute atomic E-state index is 12.5. The lowest BCUT2D eigenvalue weighted by Gasteiger charge is -2.26. The van der Waals surface area contributed by atoms with Crippen LogP contribution in [0.4, 0.5) is 0 Å². The molecule has 2 N–H and O–H groups in total. The Morgan fingerprint density at radius 1 is 1.25 bits per heavy atom. The normalized spacial score (nSPS) is 19.8. The molecule has 3 rings (SSSR count). The van der Waals surface area contributed by atoms with Crippen molar-refractivity contribution in [1.82, 2.24) is 10.6 Å². The van der Waals surface area contributed by atoms with E-state index in [2.05, 4.69) is 35.8 Å². The van der Waals surface area contributed by atoms with Crippen LogP contribution in [0, 0.1) is 0 Å². The number of carbonyl (C=O) groups excluding carboxylic acids is 1. The molecule has 1 amide bonds. The largest absolute Gasteiger partial charge is 0.497 e. The molecule has 1 heterocycles. The van der Waals surface area contributed by atoms with Crippen molar-refractivity contribution in [2.45, 2.75) is 38.3 Å². The zero-order chi connectivity index (χ0) is 16.3. The molecular formula is C19H25ClN2O2. The van der Waals surface area contributed by atoms with Crippen molar-refractivity contribution in [1.29, 1.82) is 0 Å². The summed E-state index contributed by atoms with van der Waals surface area (Å²) in [5.41, 5.74) is 0.741. The van der Waals surface area contributed by atoms with Gasteiger partial charge >= 0.3 is 0 Å². The van der Waals surface area contributed by atoms with E-state index in [1.54, 1.807) is 7.11 Å². The molecule has 2 aromatic carbocycles. The summed E-state index contributed by atoms with van der Waals surface area (Å²) in [6, 6.07) is 12.3. The quantitative estimate of drug-likeness (QED) is 0.870. The number of fused-ring (bicyclic) bond motifs is 1. The Kier molecular flexibility index (Phi) is 6.08. The van der Waals surface area contributed by atoms with Gasteiger partial charge in [-0.05, 0) is 60.3 Å². The molecule has 0 radical (unpaired) electrons. The second-order valence-electron chi connectivity index (χ2n) is 6.20. The van der Waals surface area contributed by atoms with Crippen molar-refractivity contribution in [2.75, 3.05) is 13.7 Å². The van der Waals surface area contributed by atoms with Crippen molar-refractivity contribution in [3.8, 4) is 5.75 Å². The fraction of sp³-hybridized carbons (Fsp3) is 0.421. The van der Waals surface area contributed by atoms with Crippen molar-refractivity contribution in [3.05, 3.63) is 42.0 Å². The molecule has 1 unspecified atom stereocenters. The SMILES string of the molecule is CCC1(C(=O)NCc2ccc3cc(OC)ccc3c2)CCCN1.Cl. The molecule has 2 aromatic rings. The molecule has 4 nitrogen and oxygen atoms in total. The first-order chi connectivity index (χ1) is 11.2. The number of hydrogen-bond acceptors (Lipinski definition) is 3. The van der Waals surface area contributed by atoms with Crippen LogP contribution in [0.3, 0.4) is 0 Å². The number of halogens is 1. The monoisotopic (exact) mass is 348 g/mol. The smallest absolute Gasteiger partial charge is 0.240 e. The lowest BCUT2D eigenvalue weighted by Crippen LogP contribution is -2.52. The first-order valence-electron chi connectivity index (χ1n) is 8.27. The van der Waals surface area contributed by atoms with Gasteiger partial charge in [0.1, 0.15) is 5.75 Å². The third-order valence-electron chi connectivity index (χ3n) is 4.85. The van der Waals surface area contributed by atoms with E-state index in [1.807, 2.05) is 18.2 Å². The maximum Gasteiger partial charge on any atom is 0.240 e. The summed E-state index contributed by atoms with van der Waals surface area (Å²) in [6.45, 7) is 3.56.